The van der Waals surface area contributed by atoms with Gasteiger partial charge in [-0.25, -0.2) is 4.79 Å². The molecule has 0 aliphatic heterocycles. The van der Waals surface area contributed by atoms with Crippen LogP contribution < -0.4 is 4.74 Å². The van der Waals surface area contributed by atoms with E-state index in [4.69, 9.17) is 9.84 Å². The molecule has 0 aromatic heterocycles. The molecule has 0 unspecified atom stereocenters. The van der Waals surface area contributed by atoms with E-state index in [-0.39, 0.29) is 17.3 Å². The molecule has 0 bridgehead atoms. The zero-order chi connectivity index (χ0) is 22.6. The minimum Gasteiger partial charge on any atom is -0.478 e. The Morgan fingerprint density at radius 1 is 0.677 bits per heavy atom. The number of carboxylic acids is 1. The van der Waals surface area contributed by atoms with Crippen molar-refractivity contribution in [1.29, 1.82) is 0 Å². The Morgan fingerprint density at radius 3 is 1.55 bits per heavy atom. The van der Waals surface area contributed by atoms with E-state index in [9.17, 15) is 9.59 Å². The summed E-state index contributed by atoms with van der Waals surface area (Å²) in [5, 5.41) is 9.12. The molecule has 0 aliphatic carbocycles. The molecule has 0 heterocycles. The topological polar surface area (TPSA) is 63.6 Å². The maximum absolute atomic E-state index is 11.9. The predicted molar refractivity (Wildman–Crippen MR) is 128 cm³/mol. The fourth-order valence-corrected chi connectivity index (χ4v) is 3.90. The standard InChI is InChI=1S/C27H44O4/c1-2-3-4-5-6-7-8-9-10-11-12-13-14-15-16-17-18-23-26(28)31-25-22-20-19-21-24(25)27(29)30/h19-22H,2-18,23H2,1H3,(H,29,30). The summed E-state index contributed by atoms with van der Waals surface area (Å²) in [6.07, 6.45) is 22.5. The van der Waals surface area contributed by atoms with Crippen molar-refractivity contribution in [2.24, 2.45) is 0 Å². The van der Waals surface area contributed by atoms with Gasteiger partial charge in [0.05, 0.1) is 0 Å². The van der Waals surface area contributed by atoms with Crippen molar-refractivity contribution in [2.75, 3.05) is 0 Å². The van der Waals surface area contributed by atoms with Crippen molar-refractivity contribution >= 4 is 11.9 Å². The van der Waals surface area contributed by atoms with E-state index < -0.39 is 5.97 Å². The zero-order valence-corrected chi connectivity index (χ0v) is 19.7. The number of esters is 1. The number of carboxylic acid groups (broad SMARTS) is 1. The predicted octanol–water partition coefficient (Wildman–Crippen LogP) is 8.33. The number of rotatable bonds is 20. The zero-order valence-electron chi connectivity index (χ0n) is 19.7. The van der Waals surface area contributed by atoms with E-state index in [1.165, 1.54) is 102 Å². The van der Waals surface area contributed by atoms with E-state index in [0.717, 1.165) is 19.3 Å². The van der Waals surface area contributed by atoms with Crippen molar-refractivity contribution < 1.29 is 19.4 Å². The summed E-state index contributed by atoms with van der Waals surface area (Å²) in [5.41, 5.74) is 0.0262. The highest BCUT2D eigenvalue weighted by Gasteiger charge is 2.13. The number of hydrogen-bond acceptors (Lipinski definition) is 3. The van der Waals surface area contributed by atoms with Crippen LogP contribution in [0.3, 0.4) is 0 Å². The van der Waals surface area contributed by atoms with Crippen LogP contribution in [0.4, 0.5) is 0 Å². The molecule has 0 spiro atoms. The molecular weight excluding hydrogens is 388 g/mol. The Hall–Kier alpha value is -1.84. The highest BCUT2D eigenvalue weighted by molar-refractivity contribution is 5.91. The number of ether oxygens (including phenoxy) is 1. The van der Waals surface area contributed by atoms with Crippen molar-refractivity contribution in [3.8, 4) is 5.75 Å². The van der Waals surface area contributed by atoms with E-state index in [1.807, 2.05) is 0 Å². The Morgan fingerprint density at radius 2 is 1.10 bits per heavy atom. The Kier molecular flexibility index (Phi) is 16.6. The summed E-state index contributed by atoms with van der Waals surface area (Å²) in [7, 11) is 0. The van der Waals surface area contributed by atoms with Gasteiger partial charge >= 0.3 is 11.9 Å². The number of carbonyl (C=O) groups excluding carboxylic acids is 1. The van der Waals surface area contributed by atoms with E-state index in [2.05, 4.69) is 6.92 Å². The largest absolute Gasteiger partial charge is 0.478 e. The maximum Gasteiger partial charge on any atom is 0.339 e. The minimum atomic E-state index is -1.08. The Bertz CT molecular complexity index is 597. The molecule has 0 saturated carbocycles. The van der Waals surface area contributed by atoms with Crippen molar-refractivity contribution in [3.05, 3.63) is 29.8 Å². The molecular formula is C27H44O4. The van der Waals surface area contributed by atoms with E-state index in [1.54, 1.807) is 12.1 Å². The van der Waals surface area contributed by atoms with E-state index >= 15 is 0 Å². The van der Waals surface area contributed by atoms with Gasteiger partial charge in [0, 0.05) is 6.42 Å². The first-order chi connectivity index (χ1) is 15.1. The van der Waals surface area contributed by atoms with Gasteiger partial charge in [-0.1, -0.05) is 122 Å². The summed E-state index contributed by atoms with van der Waals surface area (Å²) in [6.45, 7) is 2.27. The smallest absolute Gasteiger partial charge is 0.339 e. The van der Waals surface area contributed by atoms with Crippen LogP contribution in [-0.2, 0) is 4.79 Å². The summed E-state index contributed by atoms with van der Waals surface area (Å²) in [4.78, 5) is 23.1. The maximum atomic E-state index is 11.9. The average molecular weight is 433 g/mol. The fourth-order valence-electron chi connectivity index (χ4n) is 3.90. The number of unbranched alkanes of at least 4 members (excludes halogenated alkanes) is 16. The second-order valence-corrected chi connectivity index (χ2v) is 8.68. The molecule has 0 atom stereocenters. The van der Waals surface area contributed by atoms with E-state index in [0.29, 0.717) is 6.42 Å². The molecule has 0 radical (unpaired) electrons. The number of aromatic carboxylic acids is 1. The van der Waals surface area contributed by atoms with Gasteiger partial charge in [0.25, 0.3) is 0 Å². The second kappa shape index (κ2) is 18.9. The molecule has 0 fully saturated rings. The number of hydrogen-bond donors (Lipinski definition) is 1. The van der Waals surface area contributed by atoms with Crippen LogP contribution in [0.2, 0.25) is 0 Å². The lowest BCUT2D eigenvalue weighted by Gasteiger charge is -2.07. The molecule has 4 nitrogen and oxygen atoms in total. The molecule has 0 saturated heterocycles. The quantitative estimate of drug-likeness (QED) is 0.128. The fraction of sp³-hybridized carbons (Fsp3) is 0.704. The van der Waals surface area contributed by atoms with Gasteiger partial charge in [-0.15, -0.1) is 0 Å². The van der Waals surface area contributed by atoms with Gasteiger partial charge in [0.15, 0.2) is 0 Å². The number of para-hydroxylation sites is 1. The molecule has 176 valence electrons. The van der Waals surface area contributed by atoms with Crippen LogP contribution in [-0.4, -0.2) is 17.0 Å². The molecule has 0 aliphatic rings. The summed E-state index contributed by atoms with van der Waals surface area (Å²) >= 11 is 0. The van der Waals surface area contributed by atoms with Crippen molar-refractivity contribution in [1.82, 2.24) is 0 Å². The average Bonchev–Trinajstić information content (AvgIpc) is 2.76. The van der Waals surface area contributed by atoms with Gasteiger partial charge < -0.3 is 9.84 Å². The van der Waals surface area contributed by atoms with Crippen LogP contribution >= 0.6 is 0 Å². The van der Waals surface area contributed by atoms with Gasteiger partial charge in [-0.05, 0) is 18.6 Å². The first-order valence-electron chi connectivity index (χ1n) is 12.7. The van der Waals surface area contributed by atoms with Crippen LogP contribution in [0, 0.1) is 0 Å². The lowest BCUT2D eigenvalue weighted by atomic mass is 10.0. The molecule has 31 heavy (non-hydrogen) atoms. The monoisotopic (exact) mass is 432 g/mol. The van der Waals surface area contributed by atoms with Crippen LogP contribution in [0.15, 0.2) is 24.3 Å². The third-order valence-corrected chi connectivity index (χ3v) is 5.83. The van der Waals surface area contributed by atoms with Crippen LogP contribution in [0.25, 0.3) is 0 Å². The lowest BCUT2D eigenvalue weighted by molar-refractivity contribution is -0.134. The molecule has 4 heteroatoms. The Balaban J connectivity index is 1.87. The van der Waals surface area contributed by atoms with Crippen molar-refractivity contribution in [3.63, 3.8) is 0 Å². The van der Waals surface area contributed by atoms with Gasteiger partial charge in [-0.3, -0.25) is 4.79 Å². The minimum absolute atomic E-state index is 0.0262. The van der Waals surface area contributed by atoms with Crippen LogP contribution in [0.1, 0.15) is 133 Å². The first-order valence-corrected chi connectivity index (χ1v) is 12.7. The summed E-state index contributed by atoms with van der Waals surface area (Å²) in [6, 6.07) is 6.26. The molecule has 1 aromatic carbocycles. The lowest BCUT2D eigenvalue weighted by Crippen LogP contribution is -2.10. The molecule has 1 rings (SSSR count). The SMILES string of the molecule is CCCCCCCCCCCCCCCCCCCC(=O)Oc1ccccc1C(=O)O. The third-order valence-electron chi connectivity index (χ3n) is 5.83. The summed E-state index contributed by atoms with van der Waals surface area (Å²) < 4.78 is 5.22. The van der Waals surface area contributed by atoms with Crippen molar-refractivity contribution in [2.45, 2.75) is 122 Å². The third kappa shape index (κ3) is 14.7. The molecule has 1 N–H and O–H groups in total. The Labute approximate surface area is 189 Å². The second-order valence-electron chi connectivity index (χ2n) is 8.68. The molecule has 1 aromatic rings. The van der Waals surface area contributed by atoms with Gasteiger partial charge in [0.1, 0.15) is 11.3 Å². The van der Waals surface area contributed by atoms with Gasteiger partial charge in [0.2, 0.25) is 0 Å². The first kappa shape index (κ1) is 27.2. The number of carbonyl (C=O) groups is 2. The van der Waals surface area contributed by atoms with Crippen LogP contribution in [0.5, 0.6) is 5.75 Å². The highest BCUT2D eigenvalue weighted by Crippen LogP contribution is 2.19. The molecule has 0 amide bonds. The summed E-state index contributed by atoms with van der Waals surface area (Å²) in [5.74, 6) is -1.30. The normalized spacial score (nSPS) is 10.9. The highest BCUT2D eigenvalue weighted by atomic mass is 16.5. The number of benzene rings is 1. The van der Waals surface area contributed by atoms with Gasteiger partial charge in [-0.2, -0.15) is 0 Å².